The molecule has 1 saturated heterocycles. The van der Waals surface area contributed by atoms with Gasteiger partial charge in [0.2, 0.25) is 0 Å². The number of rotatable bonds is 5. The number of aryl methyl sites for hydroxylation is 1. The third kappa shape index (κ3) is 3.81. The zero-order valence-electron chi connectivity index (χ0n) is 12.7. The van der Waals surface area contributed by atoms with Crippen LogP contribution < -0.4 is 5.32 Å². The van der Waals surface area contributed by atoms with Crippen molar-refractivity contribution in [2.24, 2.45) is 0 Å². The fraction of sp³-hybridized carbons (Fsp3) is 0.733. The summed E-state index contributed by atoms with van der Waals surface area (Å²) in [4.78, 5) is 4.85. The van der Waals surface area contributed by atoms with E-state index in [0.29, 0.717) is 6.04 Å². The Morgan fingerprint density at radius 1 is 1.53 bits per heavy atom. The maximum atomic E-state index is 5.93. The molecule has 0 amide bonds. The zero-order valence-corrected chi connectivity index (χ0v) is 12.7. The van der Waals surface area contributed by atoms with E-state index in [0.717, 1.165) is 24.6 Å². The molecule has 1 atom stereocenters. The van der Waals surface area contributed by atoms with Crippen LogP contribution in [0.3, 0.4) is 0 Å². The fourth-order valence-electron chi connectivity index (χ4n) is 2.88. The van der Waals surface area contributed by atoms with E-state index in [1.54, 1.807) is 0 Å². The molecule has 1 aromatic rings. The fourth-order valence-corrected chi connectivity index (χ4v) is 2.88. The molecule has 4 nitrogen and oxygen atoms in total. The number of likely N-dealkylation sites (tertiary alicyclic amines) is 1. The van der Waals surface area contributed by atoms with Gasteiger partial charge in [-0.1, -0.05) is 0 Å². The van der Waals surface area contributed by atoms with E-state index in [1.165, 1.54) is 31.5 Å². The van der Waals surface area contributed by atoms with Gasteiger partial charge >= 0.3 is 0 Å². The maximum Gasteiger partial charge on any atom is 0.120 e. The SMILES string of the molecule is CNCc1oc(CN(C)C2CCCN(C)C2)cc1C. The zero-order chi connectivity index (χ0) is 13.8. The first-order valence-corrected chi connectivity index (χ1v) is 7.21. The van der Waals surface area contributed by atoms with E-state index in [4.69, 9.17) is 4.42 Å². The van der Waals surface area contributed by atoms with Gasteiger partial charge in [-0.3, -0.25) is 4.90 Å². The lowest BCUT2D eigenvalue weighted by molar-refractivity contribution is 0.123. The van der Waals surface area contributed by atoms with Gasteiger partial charge in [0.15, 0.2) is 0 Å². The van der Waals surface area contributed by atoms with Crippen LogP contribution in [0, 0.1) is 6.92 Å². The molecule has 0 aromatic carbocycles. The molecule has 108 valence electrons. The summed E-state index contributed by atoms with van der Waals surface area (Å²) in [5.74, 6) is 2.14. The summed E-state index contributed by atoms with van der Waals surface area (Å²) >= 11 is 0. The minimum Gasteiger partial charge on any atom is -0.463 e. The van der Waals surface area contributed by atoms with Gasteiger partial charge < -0.3 is 14.6 Å². The van der Waals surface area contributed by atoms with Gasteiger partial charge in [-0.15, -0.1) is 0 Å². The van der Waals surface area contributed by atoms with E-state index in [-0.39, 0.29) is 0 Å². The van der Waals surface area contributed by atoms with E-state index in [1.807, 2.05) is 7.05 Å². The third-order valence-electron chi connectivity index (χ3n) is 4.04. The Balaban J connectivity index is 1.94. The third-order valence-corrected chi connectivity index (χ3v) is 4.04. The molecule has 2 rings (SSSR count). The van der Waals surface area contributed by atoms with Crippen LogP contribution in [0.25, 0.3) is 0 Å². The highest BCUT2D eigenvalue weighted by atomic mass is 16.3. The summed E-state index contributed by atoms with van der Waals surface area (Å²) in [5.41, 5.74) is 1.25. The summed E-state index contributed by atoms with van der Waals surface area (Å²) in [6.07, 6.45) is 2.59. The summed E-state index contributed by atoms with van der Waals surface area (Å²) in [5, 5.41) is 3.15. The molecule has 2 heterocycles. The molecule has 1 aliphatic heterocycles. The van der Waals surface area contributed by atoms with Gasteiger partial charge in [-0.25, -0.2) is 0 Å². The smallest absolute Gasteiger partial charge is 0.120 e. The quantitative estimate of drug-likeness (QED) is 0.880. The monoisotopic (exact) mass is 265 g/mol. The van der Waals surface area contributed by atoms with Crippen LogP contribution in [0.5, 0.6) is 0 Å². The number of hydrogen-bond acceptors (Lipinski definition) is 4. The van der Waals surface area contributed by atoms with Crippen molar-refractivity contribution in [1.29, 1.82) is 0 Å². The molecular weight excluding hydrogens is 238 g/mol. The molecule has 19 heavy (non-hydrogen) atoms. The van der Waals surface area contributed by atoms with Crippen molar-refractivity contribution in [2.75, 3.05) is 34.2 Å². The van der Waals surface area contributed by atoms with Crippen LogP contribution >= 0.6 is 0 Å². The second-order valence-corrected chi connectivity index (χ2v) is 5.82. The van der Waals surface area contributed by atoms with Gasteiger partial charge in [0.25, 0.3) is 0 Å². The van der Waals surface area contributed by atoms with E-state index in [9.17, 15) is 0 Å². The second kappa shape index (κ2) is 6.55. The molecule has 0 spiro atoms. The van der Waals surface area contributed by atoms with Crippen molar-refractivity contribution in [2.45, 2.75) is 38.9 Å². The normalized spacial score (nSPS) is 21.2. The number of hydrogen-bond donors (Lipinski definition) is 1. The average molecular weight is 265 g/mol. The minimum absolute atomic E-state index is 0.650. The molecule has 1 aromatic heterocycles. The summed E-state index contributed by atoms with van der Waals surface area (Å²) in [6, 6.07) is 2.83. The van der Waals surface area contributed by atoms with Gasteiger partial charge in [0.05, 0.1) is 13.1 Å². The largest absolute Gasteiger partial charge is 0.463 e. The van der Waals surface area contributed by atoms with Crippen LogP contribution in [-0.4, -0.2) is 50.1 Å². The van der Waals surface area contributed by atoms with E-state index < -0.39 is 0 Å². The molecular formula is C15H27N3O. The lowest BCUT2D eigenvalue weighted by Gasteiger charge is -2.35. The Hall–Kier alpha value is -0.840. The van der Waals surface area contributed by atoms with Gasteiger partial charge in [0, 0.05) is 12.6 Å². The highest BCUT2D eigenvalue weighted by Gasteiger charge is 2.22. The lowest BCUT2D eigenvalue weighted by atomic mass is 10.1. The van der Waals surface area contributed by atoms with Crippen molar-refractivity contribution in [3.05, 3.63) is 23.2 Å². The summed E-state index contributed by atoms with van der Waals surface area (Å²) in [7, 11) is 6.37. The maximum absolute atomic E-state index is 5.93. The summed E-state index contributed by atoms with van der Waals surface area (Å²) < 4.78 is 5.93. The standard InChI is InChI=1S/C15H27N3O/c1-12-8-14(19-15(12)9-16-2)11-18(4)13-6-5-7-17(3)10-13/h8,13,16H,5-7,9-11H2,1-4H3. The van der Waals surface area contributed by atoms with Gasteiger partial charge in [-0.2, -0.15) is 0 Å². The van der Waals surface area contributed by atoms with Crippen LogP contribution in [0.1, 0.15) is 29.9 Å². The van der Waals surface area contributed by atoms with Gasteiger partial charge in [-0.05, 0) is 59.1 Å². The van der Waals surface area contributed by atoms with Crippen LogP contribution in [-0.2, 0) is 13.1 Å². The first-order valence-electron chi connectivity index (χ1n) is 7.21. The van der Waals surface area contributed by atoms with E-state index >= 15 is 0 Å². The number of nitrogens with one attached hydrogen (secondary N) is 1. The minimum atomic E-state index is 0.650. The summed E-state index contributed by atoms with van der Waals surface area (Å²) in [6.45, 7) is 6.23. The molecule has 1 fully saturated rings. The Morgan fingerprint density at radius 2 is 2.32 bits per heavy atom. The van der Waals surface area contributed by atoms with Crippen molar-refractivity contribution in [3.63, 3.8) is 0 Å². The molecule has 1 N–H and O–H groups in total. The van der Waals surface area contributed by atoms with Crippen molar-refractivity contribution in [1.82, 2.24) is 15.1 Å². The average Bonchev–Trinajstić information content (AvgIpc) is 2.70. The Labute approximate surface area is 116 Å². The molecule has 0 radical (unpaired) electrons. The van der Waals surface area contributed by atoms with Crippen molar-refractivity contribution >= 4 is 0 Å². The Kier molecular flexibility index (Phi) is 5.02. The topological polar surface area (TPSA) is 31.7 Å². The molecule has 1 aliphatic rings. The molecule has 4 heteroatoms. The number of nitrogens with zero attached hydrogens (tertiary/aromatic N) is 2. The number of furan rings is 1. The number of likely N-dealkylation sites (N-methyl/N-ethyl adjacent to an activating group) is 2. The predicted molar refractivity (Wildman–Crippen MR) is 78.2 cm³/mol. The molecule has 1 unspecified atom stereocenters. The van der Waals surface area contributed by atoms with Crippen LogP contribution in [0.15, 0.2) is 10.5 Å². The van der Waals surface area contributed by atoms with Crippen LogP contribution in [0.2, 0.25) is 0 Å². The van der Waals surface area contributed by atoms with Crippen molar-refractivity contribution in [3.8, 4) is 0 Å². The molecule has 0 aliphatic carbocycles. The molecule has 0 saturated carbocycles. The highest BCUT2D eigenvalue weighted by molar-refractivity contribution is 5.20. The van der Waals surface area contributed by atoms with Crippen LogP contribution in [0.4, 0.5) is 0 Å². The van der Waals surface area contributed by atoms with Gasteiger partial charge in [0.1, 0.15) is 11.5 Å². The Morgan fingerprint density at radius 3 is 3.00 bits per heavy atom. The van der Waals surface area contributed by atoms with Crippen molar-refractivity contribution < 1.29 is 4.42 Å². The highest BCUT2D eigenvalue weighted by Crippen LogP contribution is 2.19. The first-order chi connectivity index (χ1) is 9.10. The number of piperidine rings is 1. The lowest BCUT2D eigenvalue weighted by Crippen LogP contribution is -2.44. The molecule has 0 bridgehead atoms. The second-order valence-electron chi connectivity index (χ2n) is 5.82. The first kappa shape index (κ1) is 14.6. The Bertz CT molecular complexity index is 402. The predicted octanol–water partition coefficient (Wildman–Crippen LogP) is 1.83. The van der Waals surface area contributed by atoms with E-state index in [2.05, 4.69) is 42.2 Å².